The number of rotatable bonds is 3. The lowest BCUT2D eigenvalue weighted by molar-refractivity contribution is 0.0467. The molecule has 4 bridgehead atoms. The zero-order valence-corrected chi connectivity index (χ0v) is 14.1. The van der Waals surface area contributed by atoms with Crippen molar-refractivity contribution >= 4 is 24.1 Å². The predicted molar refractivity (Wildman–Crippen MR) is 96.6 cm³/mol. The third-order valence-corrected chi connectivity index (χ3v) is 5.85. The number of nitrogens with zero attached hydrogens (tertiary/aromatic N) is 2. The molecule has 4 aliphatic carbocycles. The topological polar surface area (TPSA) is 76.8 Å². The van der Waals surface area contributed by atoms with Crippen LogP contribution in [-0.2, 0) is 6.42 Å². The average Bonchev–Trinajstić information content (AvgIpc) is 2.46. The smallest absolute Gasteiger partial charge is 0.211 e. The van der Waals surface area contributed by atoms with Gasteiger partial charge in [0.1, 0.15) is 0 Å². The lowest BCUT2D eigenvalue weighted by atomic mass is 9.47. The van der Waals surface area contributed by atoms with Gasteiger partial charge >= 0.3 is 0 Å². The van der Waals surface area contributed by atoms with Crippen molar-refractivity contribution in [2.24, 2.45) is 44.8 Å². The molecule has 5 rings (SSSR count). The quantitative estimate of drug-likeness (QED) is 0.507. The van der Waals surface area contributed by atoms with Crippen LogP contribution in [0.5, 0.6) is 0 Å². The van der Waals surface area contributed by atoms with Gasteiger partial charge in [-0.25, -0.2) is 0 Å². The van der Waals surface area contributed by atoms with Crippen molar-refractivity contribution in [3.05, 3.63) is 35.9 Å². The van der Waals surface area contributed by atoms with Crippen LogP contribution in [-0.4, -0.2) is 11.7 Å². The number of benzene rings is 1. The van der Waals surface area contributed by atoms with Crippen molar-refractivity contribution in [2.75, 3.05) is 0 Å². The first kappa shape index (κ1) is 16.3. The molecule has 4 N–H and O–H groups in total. The molecule has 0 aromatic heterocycles. The van der Waals surface area contributed by atoms with Gasteiger partial charge < -0.3 is 11.5 Å². The van der Waals surface area contributed by atoms with Crippen LogP contribution in [0.1, 0.15) is 37.7 Å². The number of guanidine groups is 1. The molecule has 4 aliphatic rings. The Labute approximate surface area is 143 Å². The van der Waals surface area contributed by atoms with Crippen molar-refractivity contribution in [3.63, 3.8) is 0 Å². The fraction of sp³-hybridized carbons (Fsp3) is 0.556. The molecule has 0 heterocycles. The molecule has 23 heavy (non-hydrogen) atoms. The van der Waals surface area contributed by atoms with E-state index in [4.69, 9.17) is 11.5 Å². The van der Waals surface area contributed by atoms with E-state index in [0.717, 1.165) is 18.3 Å². The molecule has 1 aromatic rings. The van der Waals surface area contributed by atoms with E-state index in [1.54, 1.807) is 0 Å². The Kier molecular flexibility index (Phi) is 4.37. The molecule has 4 nitrogen and oxygen atoms in total. The molecule has 4 saturated carbocycles. The Bertz CT molecular complexity index is 607. The highest BCUT2D eigenvalue weighted by atomic mass is 35.5. The van der Waals surface area contributed by atoms with Gasteiger partial charge in [-0.2, -0.15) is 5.10 Å². The van der Waals surface area contributed by atoms with Gasteiger partial charge in [-0.3, -0.25) is 0 Å². The lowest BCUT2D eigenvalue weighted by Crippen LogP contribution is -2.54. The second-order valence-electron chi connectivity index (χ2n) is 7.50. The Hall–Kier alpha value is -1.55. The minimum Gasteiger partial charge on any atom is -0.369 e. The van der Waals surface area contributed by atoms with Crippen LogP contribution in [0.25, 0.3) is 0 Å². The first-order valence-electron chi connectivity index (χ1n) is 8.35. The van der Waals surface area contributed by atoms with Crippen LogP contribution < -0.4 is 11.5 Å². The molecule has 124 valence electrons. The molecule has 0 amide bonds. The fourth-order valence-electron chi connectivity index (χ4n) is 5.47. The molecule has 0 radical (unpaired) electrons. The van der Waals surface area contributed by atoms with Gasteiger partial charge in [-0.15, -0.1) is 17.5 Å². The second kappa shape index (κ2) is 6.16. The van der Waals surface area contributed by atoms with E-state index >= 15 is 0 Å². The third kappa shape index (κ3) is 2.97. The van der Waals surface area contributed by atoms with E-state index in [9.17, 15) is 0 Å². The maximum absolute atomic E-state index is 5.51. The zero-order chi connectivity index (χ0) is 15.2. The molecule has 4 atom stereocenters. The maximum atomic E-state index is 5.51. The van der Waals surface area contributed by atoms with Crippen molar-refractivity contribution in [2.45, 2.75) is 38.5 Å². The highest BCUT2D eigenvalue weighted by molar-refractivity contribution is 5.95. The van der Waals surface area contributed by atoms with Gasteiger partial charge in [0.15, 0.2) is 0 Å². The summed E-state index contributed by atoms with van der Waals surface area (Å²) in [5, 5.41) is 8.56. The molecular formula is C18H25ClN4. The number of halogens is 1. The van der Waals surface area contributed by atoms with Gasteiger partial charge in [0, 0.05) is 11.3 Å². The normalized spacial score (nSPS) is 35.8. The molecule has 2 unspecified atom stereocenters. The molecule has 0 spiro atoms. The van der Waals surface area contributed by atoms with E-state index in [1.165, 1.54) is 43.4 Å². The van der Waals surface area contributed by atoms with Crippen molar-refractivity contribution < 1.29 is 0 Å². The summed E-state index contributed by atoms with van der Waals surface area (Å²) in [5.41, 5.74) is 13.9. The second-order valence-corrected chi connectivity index (χ2v) is 7.50. The minimum atomic E-state index is 0. The fourth-order valence-corrected chi connectivity index (χ4v) is 5.47. The largest absolute Gasteiger partial charge is 0.369 e. The summed E-state index contributed by atoms with van der Waals surface area (Å²) >= 11 is 0. The summed E-state index contributed by atoms with van der Waals surface area (Å²) < 4.78 is 0. The monoisotopic (exact) mass is 332 g/mol. The van der Waals surface area contributed by atoms with E-state index in [2.05, 4.69) is 40.5 Å². The lowest BCUT2D eigenvalue weighted by Gasteiger charge is -2.57. The molecule has 0 saturated heterocycles. The summed E-state index contributed by atoms with van der Waals surface area (Å²) in [5.74, 6) is 2.41. The summed E-state index contributed by atoms with van der Waals surface area (Å²) in [4.78, 5) is 0. The molecule has 1 aromatic carbocycles. The highest BCUT2D eigenvalue weighted by Gasteiger charge is 2.55. The van der Waals surface area contributed by atoms with Crippen molar-refractivity contribution in [3.8, 4) is 0 Å². The summed E-state index contributed by atoms with van der Waals surface area (Å²) in [6.45, 7) is 0. The minimum absolute atomic E-state index is 0. The van der Waals surface area contributed by atoms with E-state index in [-0.39, 0.29) is 23.8 Å². The standard InChI is InChI=1S/C18H24N4.ClH/c19-17(20)22-21-16-15-7-13-6-14(8-15)11-18(16,10-13)9-12-4-2-1-3-5-12;/h1-5,13-15H,6-11H2,(H4,19,20,22);1H/b21-16+;/t13-,14+,15?,18?;. The van der Waals surface area contributed by atoms with Gasteiger partial charge in [0.05, 0.1) is 5.71 Å². The van der Waals surface area contributed by atoms with Crippen LogP contribution in [0, 0.1) is 23.2 Å². The van der Waals surface area contributed by atoms with Gasteiger partial charge in [0.2, 0.25) is 5.96 Å². The van der Waals surface area contributed by atoms with Crippen molar-refractivity contribution in [1.82, 2.24) is 0 Å². The molecule has 0 aliphatic heterocycles. The Balaban J connectivity index is 0.00000156. The molecule has 4 fully saturated rings. The van der Waals surface area contributed by atoms with Gasteiger partial charge in [-0.05, 0) is 55.9 Å². The van der Waals surface area contributed by atoms with Gasteiger partial charge in [0.25, 0.3) is 0 Å². The maximum Gasteiger partial charge on any atom is 0.211 e. The van der Waals surface area contributed by atoms with Crippen LogP contribution in [0.2, 0.25) is 0 Å². The van der Waals surface area contributed by atoms with Gasteiger partial charge in [-0.1, -0.05) is 30.3 Å². The number of nitrogens with two attached hydrogens (primary N) is 2. The number of hydrogen-bond donors (Lipinski definition) is 2. The predicted octanol–water partition coefficient (Wildman–Crippen LogP) is 3.11. The first-order chi connectivity index (χ1) is 10.6. The van der Waals surface area contributed by atoms with Crippen LogP contribution in [0.3, 0.4) is 0 Å². The SMILES string of the molecule is Cl.NC(N)=N/N=C1\C2C[C@@H]3C[C@H](C2)CC1(Cc1ccccc1)C3. The summed E-state index contributed by atoms with van der Waals surface area (Å²) in [7, 11) is 0. The summed E-state index contributed by atoms with van der Waals surface area (Å²) in [6, 6.07) is 10.8. The molecular weight excluding hydrogens is 308 g/mol. The number of hydrogen-bond acceptors (Lipinski definition) is 2. The third-order valence-electron chi connectivity index (χ3n) is 5.85. The van der Waals surface area contributed by atoms with Crippen LogP contribution >= 0.6 is 12.4 Å². The first-order valence-corrected chi connectivity index (χ1v) is 8.35. The van der Waals surface area contributed by atoms with E-state index in [1.807, 2.05) is 0 Å². The summed E-state index contributed by atoms with van der Waals surface area (Å²) in [6.07, 6.45) is 7.58. The van der Waals surface area contributed by atoms with E-state index in [0.29, 0.717) is 5.92 Å². The zero-order valence-electron chi connectivity index (χ0n) is 13.3. The van der Waals surface area contributed by atoms with Crippen molar-refractivity contribution in [1.29, 1.82) is 0 Å². The Morgan fingerprint density at radius 1 is 1.04 bits per heavy atom. The Morgan fingerprint density at radius 2 is 1.70 bits per heavy atom. The van der Waals surface area contributed by atoms with Crippen LogP contribution in [0.4, 0.5) is 0 Å². The Morgan fingerprint density at radius 3 is 2.30 bits per heavy atom. The van der Waals surface area contributed by atoms with E-state index < -0.39 is 0 Å². The average molecular weight is 333 g/mol. The van der Waals surface area contributed by atoms with Crippen LogP contribution in [0.15, 0.2) is 40.5 Å². The highest BCUT2D eigenvalue weighted by Crippen LogP contribution is 2.59. The molecule has 5 heteroatoms.